The second-order valence-electron chi connectivity index (χ2n) is 11.6. The fourth-order valence-electron chi connectivity index (χ4n) is 6.47. The van der Waals surface area contributed by atoms with Crippen LogP contribution in [0.15, 0.2) is 58.4 Å². The monoisotopic (exact) mass is 770 g/mol. The Morgan fingerprint density at radius 1 is 1.00 bits per heavy atom. The molecule has 1 saturated heterocycles. The average Bonchev–Trinajstić information content (AvgIpc) is 3.50. The Kier molecular flexibility index (Phi) is 10.1. The van der Waals surface area contributed by atoms with E-state index < -0.39 is 11.2 Å². The smallest absolute Gasteiger partial charge is 0.332 e. The number of nitrogens with zero attached hydrogens (tertiary/aromatic N) is 5. The summed E-state index contributed by atoms with van der Waals surface area (Å²) >= 11 is 14.1. The van der Waals surface area contributed by atoms with Gasteiger partial charge in [0, 0.05) is 70.1 Å². The molecule has 0 spiro atoms. The zero-order chi connectivity index (χ0) is 32.8. The molecule has 2 aromatic carbocycles. The van der Waals surface area contributed by atoms with Crippen LogP contribution in [0.25, 0.3) is 33.4 Å². The van der Waals surface area contributed by atoms with E-state index in [9.17, 15) is 9.59 Å². The van der Waals surface area contributed by atoms with Crippen LogP contribution in [0.4, 0.5) is 11.5 Å². The zero-order valence-electron chi connectivity index (χ0n) is 26.4. The minimum atomic E-state index is -0.518. The van der Waals surface area contributed by atoms with Gasteiger partial charge in [0.05, 0.1) is 28.5 Å². The quantitative estimate of drug-likeness (QED) is 0.166. The van der Waals surface area contributed by atoms with Gasteiger partial charge < -0.3 is 20.1 Å². The number of methoxy groups -OCH3 is 1. The predicted octanol–water partition coefficient (Wildman–Crippen LogP) is 5.38. The Bertz CT molecular complexity index is 2150. The second kappa shape index (κ2) is 14.1. The van der Waals surface area contributed by atoms with Gasteiger partial charge in [0.1, 0.15) is 17.5 Å². The number of anilines is 2. The molecule has 1 fully saturated rings. The molecule has 2 atom stereocenters. The van der Waals surface area contributed by atoms with Crippen molar-refractivity contribution in [2.45, 2.75) is 31.3 Å². The molecule has 2 aliphatic rings. The number of benzene rings is 2. The van der Waals surface area contributed by atoms with Crippen LogP contribution in [0.3, 0.4) is 0 Å². The van der Waals surface area contributed by atoms with Crippen molar-refractivity contribution in [3.05, 3.63) is 97.2 Å². The van der Waals surface area contributed by atoms with E-state index in [0.717, 1.165) is 41.6 Å². The standard InChI is InChI=1S/C34H32Cl2N7O4.Mo/c1-42-31-27(33(44)43(2)34(42)45)30(37-17-38-31)40-24-9-5-7-21(29(24)36)20-6-4-8-22(28(20)35)25-16-18-10-11-23(26(18)32(41-25)46-3)39-19-12-14-47-15-13-19;/h4-9,12,16-17,19,23,39H,10-11,13-15H2,1-3H3,(H,37,38,40);/q-1;/t19-,23-;/m0./s1. The molecule has 0 amide bonds. The third-order valence-electron chi connectivity index (χ3n) is 8.89. The first kappa shape index (κ1) is 34.3. The van der Waals surface area contributed by atoms with Gasteiger partial charge in [-0.25, -0.2) is 19.7 Å². The van der Waals surface area contributed by atoms with Crippen molar-refractivity contribution in [2.24, 2.45) is 14.1 Å². The molecule has 0 unspecified atom stereocenters. The van der Waals surface area contributed by atoms with Crippen LogP contribution in [-0.2, 0) is 46.3 Å². The Morgan fingerprint density at radius 2 is 1.75 bits per heavy atom. The molecule has 4 heterocycles. The third-order valence-corrected chi connectivity index (χ3v) is 9.71. The molecular weight excluding hydrogens is 737 g/mol. The van der Waals surface area contributed by atoms with Gasteiger partial charge >= 0.3 is 5.69 Å². The van der Waals surface area contributed by atoms with E-state index in [4.69, 9.17) is 37.7 Å². The van der Waals surface area contributed by atoms with E-state index in [1.54, 1.807) is 20.2 Å². The maximum Gasteiger partial charge on any atom is 0.332 e. The van der Waals surface area contributed by atoms with Crippen molar-refractivity contribution in [1.82, 2.24) is 29.4 Å². The van der Waals surface area contributed by atoms with E-state index in [-0.39, 0.29) is 50.0 Å². The van der Waals surface area contributed by atoms with Crippen molar-refractivity contribution >= 4 is 45.7 Å². The molecule has 0 bridgehead atoms. The summed E-state index contributed by atoms with van der Waals surface area (Å²) < 4.78 is 13.6. The van der Waals surface area contributed by atoms with E-state index in [0.29, 0.717) is 45.0 Å². The van der Waals surface area contributed by atoms with Gasteiger partial charge in [-0.15, -0.1) is 6.04 Å². The van der Waals surface area contributed by atoms with Crippen LogP contribution in [0, 0.1) is 6.42 Å². The molecule has 1 aliphatic heterocycles. The Morgan fingerprint density at radius 3 is 2.50 bits per heavy atom. The summed E-state index contributed by atoms with van der Waals surface area (Å²) in [5, 5.41) is 7.97. The van der Waals surface area contributed by atoms with Gasteiger partial charge in [0.25, 0.3) is 5.56 Å². The molecule has 248 valence electrons. The first-order valence-corrected chi connectivity index (χ1v) is 16.0. The van der Waals surface area contributed by atoms with Gasteiger partial charge in [-0.1, -0.05) is 60.1 Å². The molecule has 11 nitrogen and oxygen atoms in total. The molecule has 1 aliphatic carbocycles. The summed E-state index contributed by atoms with van der Waals surface area (Å²) in [7, 11) is 4.61. The summed E-state index contributed by atoms with van der Waals surface area (Å²) in [5.74, 6) is 0.813. The number of aryl methyl sites for hydroxylation is 2. The average molecular weight is 770 g/mol. The first-order chi connectivity index (χ1) is 22.8. The molecule has 3 aromatic heterocycles. The maximum absolute atomic E-state index is 13.1. The van der Waals surface area contributed by atoms with Gasteiger partial charge in [-0.05, 0) is 37.0 Å². The van der Waals surface area contributed by atoms with E-state index in [1.807, 2.05) is 30.3 Å². The molecule has 2 N–H and O–H groups in total. The molecule has 0 saturated carbocycles. The van der Waals surface area contributed by atoms with Crippen molar-refractivity contribution < 1.29 is 30.5 Å². The van der Waals surface area contributed by atoms with Crippen LogP contribution in [0.1, 0.15) is 30.0 Å². The molecule has 14 heteroatoms. The predicted molar refractivity (Wildman–Crippen MR) is 183 cm³/mol. The minimum Gasteiger partial charge on any atom is -0.481 e. The first-order valence-electron chi connectivity index (χ1n) is 15.3. The molecule has 0 radical (unpaired) electrons. The number of pyridine rings is 1. The minimum absolute atomic E-state index is 0. The van der Waals surface area contributed by atoms with Gasteiger partial charge in [0.2, 0.25) is 5.88 Å². The van der Waals surface area contributed by atoms with E-state index >= 15 is 0 Å². The number of aromatic nitrogens is 5. The zero-order valence-corrected chi connectivity index (χ0v) is 29.9. The maximum atomic E-state index is 13.1. The summed E-state index contributed by atoms with van der Waals surface area (Å²) in [4.78, 5) is 38.9. The summed E-state index contributed by atoms with van der Waals surface area (Å²) in [6.45, 7) is 1.41. The molecular formula is C34H32Cl2MoN7O4-. The van der Waals surface area contributed by atoms with E-state index in [1.165, 1.54) is 23.5 Å². The molecule has 5 aromatic rings. The largest absolute Gasteiger partial charge is 0.481 e. The topological polar surface area (TPSA) is 125 Å². The van der Waals surface area contributed by atoms with Crippen LogP contribution in [-0.4, -0.2) is 50.5 Å². The second-order valence-corrected chi connectivity index (χ2v) is 12.4. The van der Waals surface area contributed by atoms with Crippen LogP contribution < -0.4 is 26.6 Å². The Balaban J connectivity index is 0.00000401. The third kappa shape index (κ3) is 6.07. The summed E-state index contributed by atoms with van der Waals surface area (Å²) in [6, 6.07) is 13.8. The number of rotatable bonds is 7. The molecule has 48 heavy (non-hydrogen) atoms. The summed E-state index contributed by atoms with van der Waals surface area (Å²) in [6.07, 6.45) is 6.26. The van der Waals surface area contributed by atoms with Crippen LogP contribution in [0.2, 0.25) is 10.0 Å². The SMILES string of the molecule is COc1nc(-c2cccc(-c3cccc(Nc4ncnc5c4c(=O)n(C)c(=O)n5C)c3Cl)c2Cl)cc2c1[C@@H](N[C@H]1[CH-]COCC1)CC2.[Mo]. The van der Waals surface area contributed by atoms with E-state index in [2.05, 4.69) is 33.1 Å². The molecule has 7 rings (SSSR count). The Labute approximate surface area is 300 Å². The van der Waals surface area contributed by atoms with Gasteiger partial charge in [-0.2, -0.15) is 0 Å². The Hall–Kier alpha value is -3.60. The normalized spacial score (nSPS) is 17.2. The van der Waals surface area contributed by atoms with Gasteiger partial charge in [-0.3, -0.25) is 20.3 Å². The number of ether oxygens (including phenoxy) is 2. The number of nitrogens with one attached hydrogen (secondary N) is 2. The van der Waals surface area contributed by atoms with Crippen molar-refractivity contribution in [1.29, 1.82) is 0 Å². The van der Waals surface area contributed by atoms with Crippen molar-refractivity contribution in [2.75, 3.05) is 25.6 Å². The number of fused-ring (bicyclic) bond motifs is 2. The summed E-state index contributed by atoms with van der Waals surface area (Å²) in [5.41, 5.74) is 4.83. The van der Waals surface area contributed by atoms with Crippen LogP contribution >= 0.6 is 23.2 Å². The number of hydrogen-bond acceptors (Lipinski definition) is 9. The fraction of sp³-hybridized carbons (Fsp3) is 0.294. The number of hydrogen-bond donors (Lipinski definition) is 2. The van der Waals surface area contributed by atoms with Crippen molar-refractivity contribution in [3.63, 3.8) is 0 Å². The van der Waals surface area contributed by atoms with Crippen molar-refractivity contribution in [3.8, 4) is 28.3 Å². The van der Waals surface area contributed by atoms with Crippen LogP contribution in [0.5, 0.6) is 5.88 Å². The van der Waals surface area contributed by atoms with Gasteiger partial charge in [0.15, 0.2) is 5.65 Å². The fourth-order valence-corrected chi connectivity index (χ4v) is 7.07. The number of halogens is 2.